The molecular formula is C14H18N2O3S. The Hall–Kier alpha value is -1.53. The van der Waals surface area contributed by atoms with E-state index in [9.17, 15) is 9.59 Å². The van der Waals surface area contributed by atoms with Crippen LogP contribution in [0.3, 0.4) is 0 Å². The van der Waals surface area contributed by atoms with Crippen molar-refractivity contribution < 1.29 is 14.3 Å². The number of amides is 2. The topological polar surface area (TPSA) is 58.6 Å². The van der Waals surface area contributed by atoms with Gasteiger partial charge < -0.3 is 15.0 Å². The zero-order chi connectivity index (χ0) is 14.4. The van der Waals surface area contributed by atoms with Crippen LogP contribution in [0.5, 0.6) is 0 Å². The first-order chi connectivity index (χ1) is 9.72. The molecule has 1 aliphatic heterocycles. The molecule has 2 rings (SSSR count). The van der Waals surface area contributed by atoms with Gasteiger partial charge in [0.1, 0.15) is 0 Å². The Morgan fingerprint density at radius 3 is 3.05 bits per heavy atom. The summed E-state index contributed by atoms with van der Waals surface area (Å²) in [5, 5.41) is 2.75. The van der Waals surface area contributed by atoms with Crippen molar-refractivity contribution in [2.45, 2.75) is 11.3 Å². The van der Waals surface area contributed by atoms with Gasteiger partial charge in [0.25, 0.3) is 0 Å². The lowest BCUT2D eigenvalue weighted by molar-refractivity contribution is -0.121. The minimum Gasteiger partial charge on any atom is -0.383 e. The van der Waals surface area contributed by atoms with Gasteiger partial charge in [-0.3, -0.25) is 9.59 Å². The summed E-state index contributed by atoms with van der Waals surface area (Å²) < 4.78 is 4.87. The first-order valence-corrected chi connectivity index (χ1v) is 7.49. The molecule has 0 fully saturated rings. The van der Waals surface area contributed by atoms with E-state index in [1.165, 1.54) is 0 Å². The molecule has 1 N–H and O–H groups in total. The van der Waals surface area contributed by atoms with Crippen molar-refractivity contribution >= 4 is 29.3 Å². The lowest BCUT2D eigenvalue weighted by Gasteiger charge is -2.28. The molecule has 6 heteroatoms. The summed E-state index contributed by atoms with van der Waals surface area (Å²) in [6.07, 6.45) is 0.300. The van der Waals surface area contributed by atoms with Gasteiger partial charge >= 0.3 is 0 Å². The molecule has 0 saturated heterocycles. The number of methoxy groups -OCH3 is 1. The number of fused-ring (bicyclic) bond motifs is 1. The maximum absolute atomic E-state index is 12.0. The van der Waals surface area contributed by atoms with E-state index in [0.29, 0.717) is 31.9 Å². The SMILES string of the molecule is COCCNC(=O)CCN1C(=O)CSc2ccccc21. The standard InChI is InChI=1S/C14H18N2O3S/c1-19-9-7-15-13(17)6-8-16-11-4-2-3-5-12(11)20-10-14(16)18/h2-5H,6-10H2,1H3,(H,15,17). The van der Waals surface area contributed by atoms with Gasteiger partial charge in [0.15, 0.2) is 0 Å². The van der Waals surface area contributed by atoms with Crippen LogP contribution in [0.15, 0.2) is 29.2 Å². The van der Waals surface area contributed by atoms with Gasteiger partial charge in [-0.05, 0) is 12.1 Å². The van der Waals surface area contributed by atoms with Crippen LogP contribution < -0.4 is 10.2 Å². The lowest BCUT2D eigenvalue weighted by Crippen LogP contribution is -2.38. The number of carbonyl (C=O) groups excluding carboxylic acids is 2. The van der Waals surface area contributed by atoms with Gasteiger partial charge in [0.2, 0.25) is 11.8 Å². The minimum atomic E-state index is -0.0643. The van der Waals surface area contributed by atoms with Crippen molar-refractivity contribution in [2.24, 2.45) is 0 Å². The first kappa shape index (κ1) is 14.9. The molecule has 0 saturated carbocycles. The fourth-order valence-electron chi connectivity index (χ4n) is 1.99. The largest absolute Gasteiger partial charge is 0.383 e. The van der Waals surface area contributed by atoms with Crippen molar-refractivity contribution in [3.63, 3.8) is 0 Å². The zero-order valence-corrected chi connectivity index (χ0v) is 12.2. The summed E-state index contributed by atoms with van der Waals surface area (Å²) in [6, 6.07) is 7.78. The third kappa shape index (κ3) is 3.74. The van der Waals surface area contributed by atoms with Crippen LogP contribution in [-0.4, -0.2) is 44.4 Å². The number of ether oxygens (including phenoxy) is 1. The van der Waals surface area contributed by atoms with Gasteiger partial charge in [0.05, 0.1) is 18.0 Å². The number of rotatable bonds is 6. The summed E-state index contributed by atoms with van der Waals surface area (Å²) in [5.41, 5.74) is 0.901. The van der Waals surface area contributed by atoms with Crippen molar-refractivity contribution in [3.05, 3.63) is 24.3 Å². The molecule has 0 radical (unpaired) electrons. The van der Waals surface area contributed by atoms with Gasteiger partial charge in [-0.25, -0.2) is 0 Å². The maximum atomic E-state index is 12.0. The van der Waals surface area contributed by atoms with Crippen LogP contribution in [0, 0.1) is 0 Å². The molecule has 0 atom stereocenters. The van der Waals surface area contributed by atoms with Crippen LogP contribution in [-0.2, 0) is 14.3 Å². The third-order valence-corrected chi connectivity index (χ3v) is 4.05. The van der Waals surface area contributed by atoms with Crippen LogP contribution in [0.2, 0.25) is 0 Å². The quantitative estimate of drug-likeness (QED) is 0.803. The Morgan fingerprint density at radius 1 is 1.45 bits per heavy atom. The van der Waals surface area contributed by atoms with Crippen molar-refractivity contribution in [2.75, 3.05) is 37.5 Å². The predicted octanol–water partition coefficient (Wildman–Crippen LogP) is 1.28. The maximum Gasteiger partial charge on any atom is 0.237 e. The molecule has 0 aromatic heterocycles. The Labute approximate surface area is 122 Å². The summed E-state index contributed by atoms with van der Waals surface area (Å²) >= 11 is 1.54. The van der Waals surface area contributed by atoms with Crippen LogP contribution in [0.4, 0.5) is 5.69 Å². The number of benzene rings is 1. The molecule has 1 aliphatic rings. The summed E-state index contributed by atoms with van der Waals surface area (Å²) in [6.45, 7) is 1.40. The second-order valence-corrected chi connectivity index (χ2v) is 5.41. The van der Waals surface area contributed by atoms with Crippen LogP contribution in [0.1, 0.15) is 6.42 Å². The highest BCUT2D eigenvalue weighted by atomic mass is 32.2. The molecule has 0 aliphatic carbocycles. The molecule has 2 amide bonds. The third-order valence-electron chi connectivity index (χ3n) is 3.00. The van der Waals surface area contributed by atoms with Crippen LogP contribution in [0.25, 0.3) is 0 Å². The number of hydrogen-bond donors (Lipinski definition) is 1. The smallest absolute Gasteiger partial charge is 0.237 e. The monoisotopic (exact) mass is 294 g/mol. The van der Waals surface area contributed by atoms with Crippen molar-refractivity contribution in [3.8, 4) is 0 Å². The Balaban J connectivity index is 1.92. The molecule has 1 aromatic carbocycles. The average Bonchev–Trinajstić information content (AvgIpc) is 2.46. The summed E-state index contributed by atoms with van der Waals surface area (Å²) in [7, 11) is 1.59. The van der Waals surface area contributed by atoms with E-state index in [1.807, 2.05) is 24.3 Å². The molecule has 20 heavy (non-hydrogen) atoms. The zero-order valence-electron chi connectivity index (χ0n) is 11.4. The Kier molecular flexibility index (Phi) is 5.43. The van der Waals surface area contributed by atoms with E-state index in [1.54, 1.807) is 23.8 Å². The van der Waals surface area contributed by atoms with Crippen LogP contribution >= 0.6 is 11.8 Å². The molecule has 0 unspecified atom stereocenters. The number of para-hydroxylation sites is 1. The fraction of sp³-hybridized carbons (Fsp3) is 0.429. The van der Waals surface area contributed by atoms with Gasteiger partial charge in [-0.15, -0.1) is 11.8 Å². The first-order valence-electron chi connectivity index (χ1n) is 6.50. The van der Waals surface area contributed by atoms with Gasteiger partial charge in [0, 0.05) is 31.5 Å². The lowest BCUT2D eigenvalue weighted by atomic mass is 10.2. The molecule has 108 valence electrons. The number of carbonyl (C=O) groups is 2. The van der Waals surface area contributed by atoms with Crippen molar-refractivity contribution in [1.82, 2.24) is 5.32 Å². The number of nitrogens with one attached hydrogen (secondary N) is 1. The highest BCUT2D eigenvalue weighted by Crippen LogP contribution is 2.34. The molecule has 5 nitrogen and oxygen atoms in total. The second kappa shape index (κ2) is 7.31. The summed E-state index contributed by atoms with van der Waals surface area (Å²) in [4.78, 5) is 26.4. The molecule has 1 heterocycles. The van der Waals surface area contributed by atoms with E-state index in [0.717, 1.165) is 10.6 Å². The molecule has 0 bridgehead atoms. The number of nitrogens with zero attached hydrogens (tertiary/aromatic N) is 1. The highest BCUT2D eigenvalue weighted by molar-refractivity contribution is 8.00. The Bertz CT molecular complexity index is 493. The van der Waals surface area contributed by atoms with E-state index in [-0.39, 0.29) is 11.8 Å². The van der Waals surface area contributed by atoms with E-state index < -0.39 is 0 Å². The molecule has 0 spiro atoms. The van der Waals surface area contributed by atoms with E-state index >= 15 is 0 Å². The van der Waals surface area contributed by atoms with E-state index in [4.69, 9.17) is 4.74 Å². The molecule has 1 aromatic rings. The number of anilines is 1. The molecular weight excluding hydrogens is 276 g/mol. The second-order valence-electron chi connectivity index (χ2n) is 4.39. The number of hydrogen-bond acceptors (Lipinski definition) is 4. The average molecular weight is 294 g/mol. The normalized spacial score (nSPS) is 14.1. The minimum absolute atomic E-state index is 0.0541. The predicted molar refractivity (Wildman–Crippen MR) is 79.0 cm³/mol. The summed E-state index contributed by atoms with van der Waals surface area (Å²) in [5.74, 6) is 0.423. The highest BCUT2D eigenvalue weighted by Gasteiger charge is 2.24. The van der Waals surface area contributed by atoms with Gasteiger partial charge in [-0.2, -0.15) is 0 Å². The fourth-order valence-corrected chi connectivity index (χ4v) is 2.93. The van der Waals surface area contributed by atoms with Gasteiger partial charge in [-0.1, -0.05) is 12.1 Å². The Morgan fingerprint density at radius 2 is 2.25 bits per heavy atom. The van der Waals surface area contributed by atoms with Crippen molar-refractivity contribution in [1.29, 1.82) is 0 Å². The van der Waals surface area contributed by atoms with E-state index in [2.05, 4.69) is 5.32 Å². The number of thioether (sulfide) groups is 1.